The van der Waals surface area contributed by atoms with Crippen molar-refractivity contribution in [2.45, 2.75) is 5.92 Å². The molecule has 1 fully saturated rings. The van der Waals surface area contributed by atoms with E-state index in [2.05, 4.69) is 20.3 Å². The van der Waals surface area contributed by atoms with Crippen molar-refractivity contribution >= 4 is 43.8 Å². The predicted molar refractivity (Wildman–Crippen MR) is 141 cm³/mol. The van der Waals surface area contributed by atoms with Crippen molar-refractivity contribution in [3.8, 4) is 10.6 Å². The number of benzene rings is 1. The van der Waals surface area contributed by atoms with E-state index >= 15 is 8.78 Å². The van der Waals surface area contributed by atoms with Crippen molar-refractivity contribution in [1.29, 1.82) is 0 Å². The van der Waals surface area contributed by atoms with E-state index in [0.29, 0.717) is 26.4 Å². The van der Waals surface area contributed by atoms with Gasteiger partial charge in [-0.1, -0.05) is 12.1 Å². The van der Waals surface area contributed by atoms with Crippen LogP contribution in [0.4, 0.5) is 8.78 Å². The van der Waals surface area contributed by atoms with Gasteiger partial charge in [0, 0.05) is 43.3 Å². The molecule has 5 aromatic rings. The summed E-state index contributed by atoms with van der Waals surface area (Å²) in [5, 5.41) is 12.6. The number of carbonyl (C=O) groups excluding carboxylic acids is 1. The Kier molecular flexibility index (Phi) is 6.12. The molecule has 0 N–H and O–H groups in total. The number of amides is 1. The summed E-state index contributed by atoms with van der Waals surface area (Å²) in [4.78, 5) is 19.9. The molecule has 0 radical (unpaired) electrons. The monoisotopic (exact) mass is 569 g/mol. The summed E-state index contributed by atoms with van der Waals surface area (Å²) in [6.45, 7) is 1.04. The number of fused-ring (bicyclic) bond motifs is 2. The number of carbonyl (C=O) groups is 1. The average Bonchev–Trinajstić information content (AvgIpc) is 3.60. The largest absolute Gasteiger partial charge is 0.335 e. The number of hydrogen-bond donors (Lipinski definition) is 0. The minimum atomic E-state index is -3.49. The highest BCUT2D eigenvalue weighted by atomic mass is 32.2. The Hall–Kier alpha value is -3.88. The zero-order valence-corrected chi connectivity index (χ0v) is 22.2. The van der Waals surface area contributed by atoms with Gasteiger partial charge in [-0.15, -0.1) is 21.5 Å². The fraction of sp³-hybridized carbons (Fsp3) is 0.240. The van der Waals surface area contributed by atoms with Gasteiger partial charge in [0.15, 0.2) is 5.65 Å². The van der Waals surface area contributed by atoms with Gasteiger partial charge < -0.3 is 4.90 Å². The molecule has 0 aliphatic carbocycles. The summed E-state index contributed by atoms with van der Waals surface area (Å²) in [5.74, 6) is -4.33. The second-order valence-corrected chi connectivity index (χ2v) is 12.2. The highest BCUT2D eigenvalue weighted by molar-refractivity contribution is 7.88. The van der Waals surface area contributed by atoms with Gasteiger partial charge in [0.2, 0.25) is 15.8 Å². The number of alkyl halides is 2. The first-order chi connectivity index (χ1) is 18.6. The Labute approximate surface area is 225 Å². The summed E-state index contributed by atoms with van der Waals surface area (Å²) in [6, 6.07) is 14.2. The average molecular weight is 570 g/mol. The van der Waals surface area contributed by atoms with Crippen molar-refractivity contribution in [2.75, 3.05) is 32.4 Å². The second-order valence-electron chi connectivity index (χ2n) is 9.12. The van der Waals surface area contributed by atoms with Crippen LogP contribution in [0.25, 0.3) is 27.1 Å². The molecule has 0 unspecified atom stereocenters. The number of piperazine rings is 1. The van der Waals surface area contributed by atoms with Crippen molar-refractivity contribution < 1.29 is 22.0 Å². The minimum absolute atomic E-state index is 0.160. The molecule has 0 saturated carbocycles. The smallest absolute Gasteiger partial charge is 0.333 e. The molecule has 200 valence electrons. The number of rotatable bonds is 5. The first-order valence-electron chi connectivity index (χ1n) is 11.9. The Morgan fingerprint density at radius 3 is 2.56 bits per heavy atom. The Balaban J connectivity index is 1.28. The Morgan fingerprint density at radius 2 is 1.79 bits per heavy atom. The molecule has 1 saturated heterocycles. The lowest BCUT2D eigenvalue weighted by Gasteiger charge is -2.32. The predicted octanol–water partition coefficient (Wildman–Crippen LogP) is 3.26. The minimum Gasteiger partial charge on any atom is -0.335 e. The fourth-order valence-electron chi connectivity index (χ4n) is 4.49. The number of thiophene rings is 1. The van der Waals surface area contributed by atoms with Crippen LogP contribution in [-0.2, 0) is 15.9 Å². The summed E-state index contributed by atoms with van der Waals surface area (Å²) in [6.07, 6.45) is 2.75. The van der Waals surface area contributed by atoms with E-state index in [1.54, 1.807) is 47.5 Å². The third-order valence-corrected chi connectivity index (χ3v) is 8.97. The highest BCUT2D eigenvalue weighted by Crippen LogP contribution is 2.36. The summed E-state index contributed by atoms with van der Waals surface area (Å²) in [5.41, 5.74) is 0.883. The number of nitrogens with zero attached hydrogens (tertiary/aromatic N) is 7. The van der Waals surface area contributed by atoms with E-state index in [1.165, 1.54) is 33.8 Å². The lowest BCUT2D eigenvalue weighted by atomic mass is 10.0. The lowest BCUT2D eigenvalue weighted by Crippen LogP contribution is -2.50. The van der Waals surface area contributed by atoms with Crippen molar-refractivity contribution in [3.05, 3.63) is 77.1 Å². The molecule has 1 aliphatic heterocycles. The van der Waals surface area contributed by atoms with Crippen LogP contribution in [0.1, 0.15) is 21.1 Å². The summed E-state index contributed by atoms with van der Waals surface area (Å²) < 4.78 is 57.2. The standard InChI is InChI=1S/C25H21F2N7O3S2/c1-39(36,37)33-13-11-32(12-14-33)23(35)21-8-7-20(38-21)19-6-9-22-29-30-24(34(22)31-19)25(26,27)17-4-5-18-16(15-17)3-2-10-28-18/h2-10,15H,11-14H2,1H3. The third kappa shape index (κ3) is 4.64. The maximum atomic E-state index is 15.7. The van der Waals surface area contributed by atoms with E-state index < -0.39 is 21.8 Å². The van der Waals surface area contributed by atoms with Crippen LogP contribution in [0.5, 0.6) is 0 Å². The van der Waals surface area contributed by atoms with Gasteiger partial charge in [0.25, 0.3) is 5.91 Å². The van der Waals surface area contributed by atoms with Gasteiger partial charge in [-0.05, 0) is 42.5 Å². The molecular weight excluding hydrogens is 548 g/mol. The number of aromatic nitrogens is 5. The van der Waals surface area contributed by atoms with Gasteiger partial charge in [-0.2, -0.15) is 22.7 Å². The molecule has 10 nitrogen and oxygen atoms in total. The van der Waals surface area contributed by atoms with Gasteiger partial charge in [-0.25, -0.2) is 8.42 Å². The molecule has 0 atom stereocenters. The van der Waals surface area contributed by atoms with Crippen molar-refractivity contribution in [2.24, 2.45) is 0 Å². The number of hydrogen-bond acceptors (Lipinski definition) is 8. The van der Waals surface area contributed by atoms with Crippen LogP contribution >= 0.6 is 11.3 Å². The van der Waals surface area contributed by atoms with Crippen LogP contribution < -0.4 is 0 Å². The topological polar surface area (TPSA) is 114 Å². The highest BCUT2D eigenvalue weighted by Gasteiger charge is 2.40. The van der Waals surface area contributed by atoms with Crippen molar-refractivity contribution in [3.63, 3.8) is 0 Å². The molecule has 4 aromatic heterocycles. The van der Waals surface area contributed by atoms with Crippen molar-refractivity contribution in [1.82, 2.24) is 34.0 Å². The van der Waals surface area contributed by atoms with E-state index in [4.69, 9.17) is 0 Å². The molecule has 0 bridgehead atoms. The summed E-state index contributed by atoms with van der Waals surface area (Å²) in [7, 11) is -3.31. The molecule has 0 spiro atoms. The lowest BCUT2D eigenvalue weighted by molar-refractivity contribution is 0.0307. The molecule has 14 heteroatoms. The van der Waals surface area contributed by atoms with Gasteiger partial charge in [0.1, 0.15) is 5.69 Å². The third-order valence-electron chi connectivity index (χ3n) is 6.57. The SMILES string of the molecule is CS(=O)(=O)N1CCN(C(=O)c2ccc(-c3ccc4nnc(C(F)(F)c5ccc6ncccc6c5)n4n3)s2)CC1. The van der Waals surface area contributed by atoms with Crippen LogP contribution in [0, 0.1) is 0 Å². The summed E-state index contributed by atoms with van der Waals surface area (Å²) >= 11 is 1.18. The first-order valence-corrected chi connectivity index (χ1v) is 14.6. The van der Waals surface area contributed by atoms with E-state index in [-0.39, 0.29) is 43.3 Å². The van der Waals surface area contributed by atoms with Crippen LogP contribution in [-0.4, -0.2) is 80.8 Å². The second kappa shape index (κ2) is 9.39. The van der Waals surface area contributed by atoms with Gasteiger partial charge >= 0.3 is 5.92 Å². The first kappa shape index (κ1) is 25.4. The van der Waals surface area contributed by atoms with E-state index in [1.807, 2.05) is 0 Å². The molecule has 5 heterocycles. The zero-order valence-electron chi connectivity index (χ0n) is 20.5. The molecule has 1 amide bonds. The molecule has 1 aromatic carbocycles. The van der Waals surface area contributed by atoms with Gasteiger partial charge in [-0.3, -0.25) is 9.78 Å². The zero-order chi connectivity index (χ0) is 27.4. The van der Waals surface area contributed by atoms with Crippen LogP contribution in [0.15, 0.2) is 60.8 Å². The fourth-order valence-corrected chi connectivity index (χ4v) is 6.25. The molecular formula is C25H21F2N7O3S2. The van der Waals surface area contributed by atoms with Crippen LogP contribution in [0.3, 0.4) is 0 Å². The van der Waals surface area contributed by atoms with Gasteiger partial charge in [0.05, 0.1) is 21.5 Å². The maximum Gasteiger partial charge on any atom is 0.333 e. The maximum absolute atomic E-state index is 15.7. The molecule has 1 aliphatic rings. The molecule has 6 rings (SSSR count). The van der Waals surface area contributed by atoms with E-state index in [9.17, 15) is 13.2 Å². The quantitative estimate of drug-likeness (QED) is 0.319. The number of halogens is 2. The van der Waals surface area contributed by atoms with E-state index in [0.717, 1.165) is 10.8 Å². The molecule has 39 heavy (non-hydrogen) atoms. The Bertz CT molecular complexity index is 1830. The number of sulfonamides is 1. The normalized spacial score (nSPS) is 15.3. The number of pyridine rings is 1. The Morgan fingerprint density at radius 1 is 1.00 bits per heavy atom. The van der Waals surface area contributed by atoms with Crippen LogP contribution in [0.2, 0.25) is 0 Å².